The molecule has 98 valence electrons. The second-order valence-corrected chi connectivity index (χ2v) is 4.53. The number of aryl methyl sites for hydroxylation is 1. The summed E-state index contributed by atoms with van der Waals surface area (Å²) in [5, 5.41) is 18.9. The lowest BCUT2D eigenvalue weighted by Crippen LogP contribution is -2.29. The predicted octanol–water partition coefficient (Wildman–Crippen LogP) is 0.181. The first-order valence-electron chi connectivity index (χ1n) is 5.83. The normalized spacial score (nSPS) is 23.2. The molecule has 0 bridgehead atoms. The highest BCUT2D eigenvalue weighted by Crippen LogP contribution is 2.21. The number of ether oxygens (including phenoxy) is 1. The largest absolute Gasteiger partial charge is 0.496 e. The lowest BCUT2D eigenvalue weighted by Gasteiger charge is -2.16. The van der Waals surface area contributed by atoms with Gasteiger partial charge >= 0.3 is 0 Å². The highest BCUT2D eigenvalue weighted by atomic mass is 16.5. The quantitative estimate of drug-likeness (QED) is 0.786. The van der Waals surface area contributed by atoms with Gasteiger partial charge in [-0.15, -0.1) is 0 Å². The first-order chi connectivity index (χ1) is 8.52. The maximum Gasteiger partial charge on any atom is 0.254 e. The molecule has 2 unspecified atom stereocenters. The van der Waals surface area contributed by atoms with Gasteiger partial charge in [0.25, 0.3) is 5.91 Å². The van der Waals surface area contributed by atoms with E-state index in [1.54, 1.807) is 19.2 Å². The van der Waals surface area contributed by atoms with Crippen LogP contribution in [0.4, 0.5) is 0 Å². The Morgan fingerprint density at radius 2 is 1.94 bits per heavy atom. The highest BCUT2D eigenvalue weighted by Gasteiger charge is 2.33. The Kier molecular flexibility index (Phi) is 3.54. The summed E-state index contributed by atoms with van der Waals surface area (Å²) in [5.74, 6) is 0.449. The summed E-state index contributed by atoms with van der Waals surface area (Å²) in [6.07, 6.45) is -1.72. The van der Waals surface area contributed by atoms with E-state index >= 15 is 0 Å². The van der Waals surface area contributed by atoms with Crippen molar-refractivity contribution < 1.29 is 19.7 Å². The highest BCUT2D eigenvalue weighted by molar-refractivity contribution is 5.95. The van der Waals surface area contributed by atoms with Crippen molar-refractivity contribution in [3.8, 4) is 5.75 Å². The Morgan fingerprint density at radius 3 is 2.50 bits per heavy atom. The molecular weight excluding hydrogens is 234 g/mol. The number of aliphatic hydroxyl groups excluding tert-OH is 2. The standard InChI is InChI=1S/C13H17NO4/c1-8-3-4-9(5-12(8)18-2)13(17)14-6-10(15)11(16)7-14/h3-5,10-11,15-16H,6-7H2,1-2H3. The topological polar surface area (TPSA) is 70.0 Å². The number of rotatable bonds is 2. The lowest BCUT2D eigenvalue weighted by atomic mass is 10.1. The molecule has 1 fully saturated rings. The fraction of sp³-hybridized carbons (Fsp3) is 0.462. The van der Waals surface area contributed by atoms with Gasteiger partial charge in [-0.2, -0.15) is 0 Å². The molecule has 2 N–H and O–H groups in total. The van der Waals surface area contributed by atoms with Crippen LogP contribution in [-0.4, -0.2) is 53.4 Å². The number of nitrogens with zero attached hydrogens (tertiary/aromatic N) is 1. The summed E-state index contributed by atoms with van der Waals surface area (Å²) < 4.78 is 5.17. The summed E-state index contributed by atoms with van der Waals surface area (Å²) in [4.78, 5) is 13.6. The van der Waals surface area contributed by atoms with Crippen LogP contribution in [0.3, 0.4) is 0 Å². The summed E-state index contributed by atoms with van der Waals surface area (Å²) in [6.45, 7) is 2.23. The van der Waals surface area contributed by atoms with Gasteiger partial charge in [0, 0.05) is 18.7 Å². The smallest absolute Gasteiger partial charge is 0.254 e. The molecule has 1 amide bonds. The number of benzene rings is 1. The van der Waals surface area contributed by atoms with Crippen molar-refractivity contribution in [2.24, 2.45) is 0 Å². The minimum absolute atomic E-state index is 0.163. The first-order valence-corrected chi connectivity index (χ1v) is 5.83. The van der Waals surface area contributed by atoms with Crippen LogP contribution in [0.15, 0.2) is 18.2 Å². The van der Waals surface area contributed by atoms with Crippen LogP contribution in [0, 0.1) is 6.92 Å². The van der Waals surface area contributed by atoms with Gasteiger partial charge in [0.05, 0.1) is 19.3 Å². The second kappa shape index (κ2) is 4.96. The monoisotopic (exact) mass is 251 g/mol. The predicted molar refractivity (Wildman–Crippen MR) is 65.6 cm³/mol. The summed E-state index contributed by atoms with van der Waals surface area (Å²) in [7, 11) is 1.56. The van der Waals surface area contributed by atoms with Crippen LogP contribution in [0.2, 0.25) is 0 Å². The third kappa shape index (κ3) is 2.32. The zero-order valence-corrected chi connectivity index (χ0v) is 10.5. The van der Waals surface area contributed by atoms with Gasteiger partial charge in [-0.05, 0) is 24.6 Å². The van der Waals surface area contributed by atoms with Crippen molar-refractivity contribution in [3.05, 3.63) is 29.3 Å². The van der Waals surface area contributed by atoms with E-state index in [0.29, 0.717) is 11.3 Å². The third-order valence-corrected chi connectivity index (χ3v) is 3.20. The lowest BCUT2D eigenvalue weighted by molar-refractivity contribution is 0.0572. The number of hydrogen-bond acceptors (Lipinski definition) is 4. The van der Waals surface area contributed by atoms with Gasteiger partial charge in [-0.25, -0.2) is 0 Å². The summed E-state index contributed by atoms with van der Waals surface area (Å²) in [5.41, 5.74) is 1.45. The molecule has 1 aromatic rings. The van der Waals surface area contributed by atoms with Gasteiger partial charge < -0.3 is 19.8 Å². The molecule has 0 aliphatic carbocycles. The van der Waals surface area contributed by atoms with Gasteiger partial charge in [-0.1, -0.05) is 6.07 Å². The number of hydrogen-bond donors (Lipinski definition) is 2. The molecule has 1 aliphatic heterocycles. The Bertz CT molecular complexity index is 450. The van der Waals surface area contributed by atoms with E-state index in [-0.39, 0.29) is 19.0 Å². The average molecular weight is 251 g/mol. The van der Waals surface area contributed by atoms with E-state index in [9.17, 15) is 15.0 Å². The SMILES string of the molecule is COc1cc(C(=O)N2CC(O)C(O)C2)ccc1C. The van der Waals surface area contributed by atoms with Crippen molar-refractivity contribution in [1.82, 2.24) is 4.90 Å². The van der Waals surface area contributed by atoms with E-state index in [1.807, 2.05) is 13.0 Å². The van der Waals surface area contributed by atoms with Crippen molar-refractivity contribution in [1.29, 1.82) is 0 Å². The van der Waals surface area contributed by atoms with Crippen LogP contribution in [0.1, 0.15) is 15.9 Å². The first kappa shape index (κ1) is 12.9. The number of carbonyl (C=O) groups is 1. The fourth-order valence-electron chi connectivity index (χ4n) is 2.07. The minimum Gasteiger partial charge on any atom is -0.496 e. The van der Waals surface area contributed by atoms with Gasteiger partial charge in [0.2, 0.25) is 0 Å². The number of methoxy groups -OCH3 is 1. The zero-order valence-electron chi connectivity index (χ0n) is 10.5. The van der Waals surface area contributed by atoms with Crippen LogP contribution in [0.5, 0.6) is 5.75 Å². The number of β-amino-alcohol motifs (C(OH)–C–C–N with tert-alkyl or cyclic N) is 2. The van der Waals surface area contributed by atoms with E-state index < -0.39 is 12.2 Å². The van der Waals surface area contributed by atoms with Crippen LogP contribution < -0.4 is 4.74 Å². The zero-order chi connectivity index (χ0) is 13.3. The van der Waals surface area contributed by atoms with Crippen LogP contribution in [-0.2, 0) is 0 Å². The average Bonchev–Trinajstić information content (AvgIpc) is 2.69. The molecule has 2 atom stereocenters. The minimum atomic E-state index is -0.860. The van der Waals surface area contributed by atoms with Crippen molar-refractivity contribution in [2.75, 3.05) is 20.2 Å². The van der Waals surface area contributed by atoms with Gasteiger partial charge in [0.15, 0.2) is 0 Å². The summed E-state index contributed by atoms with van der Waals surface area (Å²) >= 11 is 0. The van der Waals surface area contributed by atoms with E-state index in [2.05, 4.69) is 0 Å². The van der Waals surface area contributed by atoms with E-state index in [0.717, 1.165) is 5.56 Å². The van der Waals surface area contributed by atoms with Crippen LogP contribution in [0.25, 0.3) is 0 Å². The van der Waals surface area contributed by atoms with E-state index in [1.165, 1.54) is 4.90 Å². The number of amides is 1. The molecule has 0 saturated carbocycles. The van der Waals surface area contributed by atoms with Crippen molar-refractivity contribution in [3.63, 3.8) is 0 Å². The molecule has 1 heterocycles. The Balaban J connectivity index is 2.19. The second-order valence-electron chi connectivity index (χ2n) is 4.53. The molecule has 18 heavy (non-hydrogen) atoms. The Labute approximate surface area is 106 Å². The Hall–Kier alpha value is -1.59. The van der Waals surface area contributed by atoms with Crippen molar-refractivity contribution in [2.45, 2.75) is 19.1 Å². The molecule has 0 radical (unpaired) electrons. The number of carbonyl (C=O) groups excluding carboxylic acids is 1. The van der Waals surface area contributed by atoms with Crippen LogP contribution >= 0.6 is 0 Å². The molecule has 1 aliphatic rings. The molecular formula is C13H17NO4. The van der Waals surface area contributed by atoms with Gasteiger partial charge in [0.1, 0.15) is 5.75 Å². The molecule has 1 aromatic carbocycles. The Morgan fingerprint density at radius 1 is 1.33 bits per heavy atom. The molecule has 0 aromatic heterocycles. The van der Waals surface area contributed by atoms with Gasteiger partial charge in [-0.3, -0.25) is 4.79 Å². The molecule has 5 nitrogen and oxygen atoms in total. The number of likely N-dealkylation sites (tertiary alicyclic amines) is 1. The summed E-state index contributed by atoms with van der Waals surface area (Å²) in [6, 6.07) is 5.21. The third-order valence-electron chi connectivity index (χ3n) is 3.20. The number of aliphatic hydroxyl groups is 2. The molecule has 0 spiro atoms. The maximum atomic E-state index is 12.2. The molecule has 2 rings (SSSR count). The molecule has 1 saturated heterocycles. The van der Waals surface area contributed by atoms with Crippen molar-refractivity contribution >= 4 is 5.91 Å². The van der Waals surface area contributed by atoms with E-state index in [4.69, 9.17) is 4.74 Å². The molecule has 5 heteroatoms. The fourth-order valence-corrected chi connectivity index (χ4v) is 2.07. The maximum absolute atomic E-state index is 12.2.